The average molecular weight is 927 g/mol. The number of rotatable bonds is 25. The van der Waals surface area contributed by atoms with E-state index >= 15 is 0 Å². The topological polar surface area (TPSA) is 177 Å². The minimum Gasteiger partial charge on any atom is -0.491 e. The molecule has 1 aliphatic rings. The Labute approximate surface area is 392 Å². The van der Waals surface area contributed by atoms with Crippen LogP contribution in [0.15, 0.2) is 84.4 Å². The van der Waals surface area contributed by atoms with Crippen molar-refractivity contribution in [1.29, 1.82) is 0 Å². The Kier molecular flexibility index (Phi) is 18.8. The molecule has 2 aromatic heterocycles. The van der Waals surface area contributed by atoms with E-state index in [-0.39, 0.29) is 49.7 Å². The van der Waals surface area contributed by atoms with E-state index in [2.05, 4.69) is 44.8 Å². The van der Waals surface area contributed by atoms with Gasteiger partial charge in [0.15, 0.2) is 0 Å². The Morgan fingerprint density at radius 1 is 0.879 bits per heavy atom. The molecule has 1 fully saturated rings. The van der Waals surface area contributed by atoms with Gasteiger partial charge in [0.25, 0.3) is 0 Å². The van der Waals surface area contributed by atoms with Gasteiger partial charge in [-0.05, 0) is 66.3 Å². The van der Waals surface area contributed by atoms with Crippen LogP contribution < -0.4 is 20.3 Å². The number of carbonyl (C=O) groups excluding carboxylic acids is 2. The van der Waals surface area contributed by atoms with E-state index in [1.54, 1.807) is 11.3 Å². The molecule has 4 N–H and O–H groups in total. The fourth-order valence-electron chi connectivity index (χ4n) is 7.49. The first-order chi connectivity index (χ1) is 31.7. The summed E-state index contributed by atoms with van der Waals surface area (Å²) in [5.74, 6) is 0.222. The Balaban J connectivity index is 0.789. The number of carbonyl (C=O) groups is 2. The maximum Gasteiger partial charge on any atom is 0.246 e. The fourth-order valence-corrected chi connectivity index (χ4v) is 8.30. The molecular formula is C50H66N6O9S. The molecule has 0 radical (unpaired) electrons. The van der Waals surface area contributed by atoms with Crippen molar-refractivity contribution < 1.29 is 43.5 Å². The molecule has 1 aliphatic heterocycles. The van der Waals surface area contributed by atoms with Gasteiger partial charge in [-0.15, -0.1) is 11.3 Å². The van der Waals surface area contributed by atoms with Gasteiger partial charge in [-0.1, -0.05) is 63.2 Å². The number of nitrogens with one attached hydrogen (secondary N) is 2. The summed E-state index contributed by atoms with van der Waals surface area (Å²) in [7, 11) is 4.03. The quantitative estimate of drug-likeness (QED) is 0.0542. The Hall–Kier alpha value is -5.04. The number of benzene rings is 3. The van der Waals surface area contributed by atoms with Gasteiger partial charge in [-0.2, -0.15) is 0 Å². The zero-order valence-corrected chi connectivity index (χ0v) is 39.9. The number of aliphatic hydroxyl groups is 2. The van der Waals surface area contributed by atoms with Crippen LogP contribution in [0.5, 0.6) is 5.75 Å². The lowest BCUT2D eigenvalue weighted by Crippen LogP contribution is -2.54. The van der Waals surface area contributed by atoms with E-state index in [0.717, 1.165) is 49.5 Å². The molecule has 6 rings (SSSR count). The number of aliphatic hydroxyl groups excluding tert-OH is 2. The molecule has 15 nitrogen and oxygen atoms in total. The van der Waals surface area contributed by atoms with Gasteiger partial charge < -0.3 is 49.4 Å². The highest BCUT2D eigenvalue weighted by Gasteiger charge is 2.39. The van der Waals surface area contributed by atoms with Crippen molar-refractivity contribution >= 4 is 39.7 Å². The molecule has 3 unspecified atom stereocenters. The third kappa shape index (κ3) is 15.3. The molecule has 0 bridgehead atoms. The number of nitrogens with zero attached hydrogens (tertiary/aromatic N) is 4. The summed E-state index contributed by atoms with van der Waals surface area (Å²) in [4.78, 5) is 40.6. The summed E-state index contributed by atoms with van der Waals surface area (Å²) < 4.78 is 28.1. The van der Waals surface area contributed by atoms with Gasteiger partial charge in [0.05, 0.1) is 85.7 Å². The van der Waals surface area contributed by atoms with Crippen molar-refractivity contribution in [3.05, 3.63) is 95.6 Å². The van der Waals surface area contributed by atoms with Crippen LogP contribution in [0.25, 0.3) is 32.6 Å². The summed E-state index contributed by atoms with van der Waals surface area (Å²) in [6.45, 7) is 11.1. The smallest absolute Gasteiger partial charge is 0.246 e. The van der Waals surface area contributed by atoms with Crippen LogP contribution in [-0.2, 0) is 35.1 Å². The predicted molar refractivity (Wildman–Crippen MR) is 258 cm³/mol. The Morgan fingerprint density at radius 2 is 1.56 bits per heavy atom. The van der Waals surface area contributed by atoms with Gasteiger partial charge >= 0.3 is 0 Å². The normalized spacial score (nSPS) is 16.3. The molecule has 0 spiro atoms. The van der Waals surface area contributed by atoms with E-state index in [4.69, 9.17) is 28.7 Å². The first-order valence-electron chi connectivity index (χ1n) is 22.5. The van der Waals surface area contributed by atoms with Gasteiger partial charge in [0.2, 0.25) is 11.8 Å². The minimum atomic E-state index is -0.804. The number of ether oxygens (including phenoxy) is 5. The molecule has 3 heterocycles. The largest absolute Gasteiger partial charge is 0.491 e. The second-order valence-corrected chi connectivity index (χ2v) is 18.7. The van der Waals surface area contributed by atoms with Crippen LogP contribution >= 0.6 is 11.3 Å². The Bertz CT molecular complexity index is 2290. The third-order valence-corrected chi connectivity index (χ3v) is 12.3. The van der Waals surface area contributed by atoms with Gasteiger partial charge in [0.1, 0.15) is 25.1 Å². The summed E-state index contributed by atoms with van der Waals surface area (Å²) in [5.41, 5.74) is 8.51. The number of thiazole rings is 1. The van der Waals surface area contributed by atoms with Crippen LogP contribution in [0, 0.1) is 12.3 Å². The first-order valence-corrected chi connectivity index (χ1v) is 23.4. The van der Waals surface area contributed by atoms with Crippen LogP contribution in [0.4, 0.5) is 5.69 Å². The van der Waals surface area contributed by atoms with E-state index in [9.17, 15) is 19.8 Å². The van der Waals surface area contributed by atoms with Crippen molar-refractivity contribution in [1.82, 2.24) is 25.5 Å². The maximum absolute atomic E-state index is 13.4. The molecule has 3 aromatic carbocycles. The summed E-state index contributed by atoms with van der Waals surface area (Å²) in [6, 6.07) is 25.2. The van der Waals surface area contributed by atoms with Crippen molar-refractivity contribution in [2.75, 3.05) is 91.5 Å². The first kappa shape index (κ1) is 50.4. The fraction of sp³-hybridized carbons (Fsp3) is 0.480. The molecule has 2 amide bonds. The van der Waals surface area contributed by atoms with Crippen molar-refractivity contribution in [3.8, 4) is 27.4 Å². The number of likely N-dealkylation sites (tertiary alicyclic amines) is 1. The molecule has 4 atom stereocenters. The SMILES string of the molecule is Cc1ncsc1-c1ccc(CNC(=O)C2CC(O)CN2C[C@@H](NC(=O)COCCOCCOCCOCC(O)COc2ccc3nc(-c4ccc(N(C)C)cc4)ccc3c2)C(C)(C)C)cc1. The highest BCUT2D eigenvalue weighted by Crippen LogP contribution is 2.29. The standard InChI is InChI=1S/C50H66N6O9S/c1-34-48(66-33-52-34)37-9-7-35(8-10-37)27-51-49(60)45-26-40(57)28-56(45)29-46(50(2,3)4)54-47(59)32-64-24-22-62-20-19-61-21-23-63-30-41(58)31-65-42-16-18-44-38(25-42)13-17-43(53-44)36-11-14-39(15-12-36)55(5)6/h7-18,25,33,40-41,45-46,57-58H,19-24,26-32H2,1-6H3,(H,51,60)(H,54,59)/t40?,41?,45?,46-/m1/s1. The zero-order chi connectivity index (χ0) is 47.1. The van der Waals surface area contributed by atoms with Crippen LogP contribution in [0.2, 0.25) is 0 Å². The second kappa shape index (κ2) is 24.6. The number of aryl methyl sites for hydroxylation is 1. The van der Waals surface area contributed by atoms with E-state index < -0.39 is 18.2 Å². The number of hydrogen-bond donors (Lipinski definition) is 4. The molecule has 356 valence electrons. The van der Waals surface area contributed by atoms with E-state index in [1.165, 1.54) is 0 Å². The number of β-amino-alcohol motifs (C(OH)–C–C–N with tert-alkyl or cyclic N) is 1. The number of anilines is 1. The number of fused-ring (bicyclic) bond motifs is 1. The lowest BCUT2D eigenvalue weighted by molar-refractivity contribution is -0.128. The number of hydrogen-bond acceptors (Lipinski definition) is 14. The minimum absolute atomic E-state index is 0.0850. The second-order valence-electron chi connectivity index (χ2n) is 17.8. The monoisotopic (exact) mass is 926 g/mol. The molecule has 0 aliphatic carbocycles. The number of pyridine rings is 1. The molecule has 5 aromatic rings. The lowest BCUT2D eigenvalue weighted by atomic mass is 9.86. The lowest BCUT2D eigenvalue weighted by Gasteiger charge is -2.36. The third-order valence-electron chi connectivity index (χ3n) is 11.4. The molecule has 1 saturated heterocycles. The van der Waals surface area contributed by atoms with Crippen LogP contribution in [0.1, 0.15) is 38.4 Å². The Morgan fingerprint density at radius 3 is 2.23 bits per heavy atom. The zero-order valence-electron chi connectivity index (χ0n) is 39.0. The van der Waals surface area contributed by atoms with Gasteiger partial charge in [-0.25, -0.2) is 9.97 Å². The van der Waals surface area contributed by atoms with Crippen LogP contribution in [-0.4, -0.2) is 148 Å². The highest BCUT2D eigenvalue weighted by atomic mass is 32.1. The van der Waals surface area contributed by atoms with E-state index in [1.807, 2.05) is 107 Å². The summed E-state index contributed by atoms with van der Waals surface area (Å²) in [5, 5.41) is 28.0. The highest BCUT2D eigenvalue weighted by molar-refractivity contribution is 7.13. The number of aromatic nitrogens is 2. The van der Waals surface area contributed by atoms with Crippen molar-refractivity contribution in [2.45, 2.75) is 65.0 Å². The molecular weight excluding hydrogens is 861 g/mol. The predicted octanol–water partition coefficient (Wildman–Crippen LogP) is 5.49. The summed E-state index contributed by atoms with van der Waals surface area (Å²) in [6.07, 6.45) is -1.12. The number of amides is 2. The maximum atomic E-state index is 13.4. The molecule has 16 heteroatoms. The average Bonchev–Trinajstić information content (AvgIpc) is 3.91. The van der Waals surface area contributed by atoms with Gasteiger partial charge in [-0.3, -0.25) is 14.5 Å². The van der Waals surface area contributed by atoms with Gasteiger partial charge in [0, 0.05) is 56.4 Å². The van der Waals surface area contributed by atoms with E-state index in [0.29, 0.717) is 64.8 Å². The summed E-state index contributed by atoms with van der Waals surface area (Å²) >= 11 is 1.60. The molecule has 66 heavy (non-hydrogen) atoms. The molecule has 0 saturated carbocycles. The van der Waals surface area contributed by atoms with Crippen LogP contribution in [0.3, 0.4) is 0 Å². The van der Waals surface area contributed by atoms with Crippen molar-refractivity contribution in [2.24, 2.45) is 5.41 Å². The van der Waals surface area contributed by atoms with Crippen molar-refractivity contribution in [3.63, 3.8) is 0 Å².